The third kappa shape index (κ3) is 3.49. The van der Waals surface area contributed by atoms with Gasteiger partial charge in [0.05, 0.1) is 33.7 Å². The highest BCUT2D eigenvalue weighted by Gasteiger charge is 2.21. The first-order valence-corrected chi connectivity index (χ1v) is 10.3. The second-order valence-electron chi connectivity index (χ2n) is 7.15. The van der Waals surface area contributed by atoms with Crippen molar-refractivity contribution in [3.63, 3.8) is 0 Å². The Balaban J connectivity index is 1.56. The summed E-state index contributed by atoms with van der Waals surface area (Å²) >= 11 is 3.62. The molecule has 4 aromatic heterocycles. The molecule has 146 valence electrons. The van der Waals surface area contributed by atoms with Crippen molar-refractivity contribution in [2.45, 2.75) is 18.9 Å². The van der Waals surface area contributed by atoms with Crippen molar-refractivity contribution in [3.05, 3.63) is 53.4 Å². The molecule has 0 aliphatic carbocycles. The smallest absolute Gasteiger partial charge is 0.143 e. The van der Waals surface area contributed by atoms with E-state index in [9.17, 15) is 5.11 Å². The highest BCUT2D eigenvalue weighted by Crippen LogP contribution is 2.33. The lowest BCUT2D eigenvalue weighted by molar-refractivity contribution is 0.145. The second kappa shape index (κ2) is 7.53. The van der Waals surface area contributed by atoms with E-state index in [1.165, 1.54) is 0 Å². The van der Waals surface area contributed by atoms with Gasteiger partial charge in [-0.3, -0.25) is 15.1 Å². The van der Waals surface area contributed by atoms with Crippen LogP contribution in [0.3, 0.4) is 0 Å². The molecule has 0 bridgehead atoms. The zero-order chi connectivity index (χ0) is 19.8. The number of aromatic amines is 1. The van der Waals surface area contributed by atoms with Crippen LogP contribution in [0.1, 0.15) is 12.8 Å². The number of rotatable bonds is 3. The van der Waals surface area contributed by atoms with Crippen molar-refractivity contribution in [2.75, 3.05) is 18.0 Å². The predicted molar refractivity (Wildman–Crippen MR) is 116 cm³/mol. The van der Waals surface area contributed by atoms with E-state index in [0.717, 1.165) is 69.8 Å². The molecule has 1 saturated heterocycles. The van der Waals surface area contributed by atoms with E-state index >= 15 is 0 Å². The van der Waals surface area contributed by atoms with Crippen molar-refractivity contribution in [3.8, 4) is 22.6 Å². The maximum Gasteiger partial charge on any atom is 0.143 e. The second-order valence-corrected chi connectivity index (χ2v) is 8.00. The number of pyridine rings is 3. The summed E-state index contributed by atoms with van der Waals surface area (Å²) in [6.45, 7) is 1.57. The topological polar surface area (TPSA) is 90.8 Å². The molecule has 1 aliphatic rings. The summed E-state index contributed by atoms with van der Waals surface area (Å²) < 4.78 is 0.940. The van der Waals surface area contributed by atoms with Gasteiger partial charge in [0, 0.05) is 36.4 Å². The Morgan fingerprint density at radius 1 is 1.10 bits per heavy atom. The standard InChI is InChI=1S/C21H19BrN6O/c22-16-3-4-17(25-21(16)28-8-5-14(29)6-9-28)20-15-10-18(13-2-1-7-23-11-13)24-12-19(15)26-27-20/h1-4,7,10-12,14,29H,5-6,8-9H2,(H,26,27). The van der Waals surface area contributed by atoms with Crippen LogP contribution in [0.15, 0.2) is 53.4 Å². The molecule has 0 amide bonds. The van der Waals surface area contributed by atoms with Gasteiger partial charge in [-0.05, 0) is 59.1 Å². The van der Waals surface area contributed by atoms with Crippen LogP contribution in [0.5, 0.6) is 0 Å². The average molecular weight is 451 g/mol. The molecule has 4 aromatic rings. The maximum atomic E-state index is 9.80. The molecule has 0 unspecified atom stereocenters. The fraction of sp³-hybridized carbons (Fsp3) is 0.238. The highest BCUT2D eigenvalue weighted by molar-refractivity contribution is 9.10. The number of nitrogens with one attached hydrogen (secondary N) is 1. The van der Waals surface area contributed by atoms with Gasteiger partial charge in [0.1, 0.15) is 11.5 Å². The molecular weight excluding hydrogens is 432 g/mol. The van der Waals surface area contributed by atoms with Gasteiger partial charge in [-0.25, -0.2) is 4.98 Å². The van der Waals surface area contributed by atoms with Crippen molar-refractivity contribution >= 4 is 32.7 Å². The molecule has 29 heavy (non-hydrogen) atoms. The molecule has 0 radical (unpaired) electrons. The Bertz CT molecular complexity index is 1150. The number of piperidine rings is 1. The third-order valence-corrected chi connectivity index (χ3v) is 5.86. The van der Waals surface area contributed by atoms with E-state index in [2.05, 4.69) is 41.0 Å². The molecule has 8 heteroatoms. The minimum atomic E-state index is -0.220. The number of anilines is 1. The lowest BCUT2D eigenvalue weighted by Crippen LogP contribution is -2.36. The normalized spacial score (nSPS) is 15.2. The molecule has 5 heterocycles. The molecular formula is C21H19BrN6O. The van der Waals surface area contributed by atoms with Crippen LogP contribution in [-0.4, -0.2) is 49.4 Å². The van der Waals surface area contributed by atoms with Crippen LogP contribution >= 0.6 is 15.9 Å². The number of aliphatic hydroxyl groups is 1. The number of aromatic nitrogens is 5. The van der Waals surface area contributed by atoms with Gasteiger partial charge in [0.15, 0.2) is 0 Å². The summed E-state index contributed by atoms with van der Waals surface area (Å²) in [6.07, 6.45) is 6.63. The van der Waals surface area contributed by atoms with Gasteiger partial charge in [-0.15, -0.1) is 0 Å². The largest absolute Gasteiger partial charge is 0.393 e. The van der Waals surface area contributed by atoms with Gasteiger partial charge in [-0.1, -0.05) is 0 Å². The number of aliphatic hydroxyl groups excluding tert-OH is 1. The van der Waals surface area contributed by atoms with Crippen molar-refractivity contribution in [2.24, 2.45) is 0 Å². The maximum absolute atomic E-state index is 9.80. The molecule has 0 atom stereocenters. The average Bonchev–Trinajstić information content (AvgIpc) is 3.19. The molecule has 2 N–H and O–H groups in total. The number of halogens is 1. The fourth-order valence-corrected chi connectivity index (χ4v) is 4.12. The van der Waals surface area contributed by atoms with Gasteiger partial charge < -0.3 is 10.0 Å². The molecule has 0 aromatic carbocycles. The molecule has 5 rings (SSSR count). The number of fused-ring (bicyclic) bond motifs is 1. The fourth-order valence-electron chi connectivity index (χ4n) is 3.65. The van der Waals surface area contributed by atoms with Gasteiger partial charge in [0.25, 0.3) is 0 Å². The monoisotopic (exact) mass is 450 g/mol. The highest BCUT2D eigenvalue weighted by atomic mass is 79.9. The lowest BCUT2D eigenvalue weighted by Gasteiger charge is -2.31. The van der Waals surface area contributed by atoms with E-state index in [-0.39, 0.29) is 6.10 Å². The van der Waals surface area contributed by atoms with Crippen molar-refractivity contribution < 1.29 is 5.11 Å². The van der Waals surface area contributed by atoms with E-state index in [4.69, 9.17) is 4.98 Å². The number of H-pyrrole nitrogens is 1. The van der Waals surface area contributed by atoms with Gasteiger partial charge in [-0.2, -0.15) is 5.10 Å². The van der Waals surface area contributed by atoms with Gasteiger partial charge in [0.2, 0.25) is 0 Å². The van der Waals surface area contributed by atoms with Crippen molar-refractivity contribution in [1.29, 1.82) is 0 Å². The summed E-state index contributed by atoms with van der Waals surface area (Å²) in [5, 5.41) is 18.3. The first kappa shape index (κ1) is 18.2. The van der Waals surface area contributed by atoms with Crippen LogP contribution in [0, 0.1) is 0 Å². The summed E-state index contributed by atoms with van der Waals surface area (Å²) in [4.78, 5) is 15.8. The first-order valence-electron chi connectivity index (χ1n) is 9.53. The Kier molecular flexibility index (Phi) is 4.73. The number of hydrogen-bond donors (Lipinski definition) is 2. The molecule has 1 aliphatic heterocycles. The SMILES string of the molecule is OC1CCN(c2nc(-c3n[nH]c4cnc(-c5cccnc5)cc34)ccc2Br)CC1. The van der Waals surface area contributed by atoms with Crippen LogP contribution in [0.4, 0.5) is 5.82 Å². The first-order chi connectivity index (χ1) is 14.2. The number of hydrogen-bond acceptors (Lipinski definition) is 6. The summed E-state index contributed by atoms with van der Waals surface area (Å²) in [7, 11) is 0. The molecule has 0 spiro atoms. The summed E-state index contributed by atoms with van der Waals surface area (Å²) in [5.41, 5.74) is 4.25. The lowest BCUT2D eigenvalue weighted by atomic mass is 10.1. The molecule has 7 nitrogen and oxygen atoms in total. The summed E-state index contributed by atoms with van der Waals surface area (Å²) in [6, 6.07) is 9.88. The Morgan fingerprint density at radius 2 is 1.97 bits per heavy atom. The van der Waals surface area contributed by atoms with Crippen LogP contribution in [0.25, 0.3) is 33.5 Å². The van der Waals surface area contributed by atoms with E-state index in [1.54, 1.807) is 18.6 Å². The summed E-state index contributed by atoms with van der Waals surface area (Å²) in [5.74, 6) is 0.882. The van der Waals surface area contributed by atoms with Crippen LogP contribution in [0.2, 0.25) is 0 Å². The van der Waals surface area contributed by atoms with E-state index < -0.39 is 0 Å². The Labute approximate surface area is 176 Å². The Hall–Kier alpha value is -2.84. The molecule has 0 saturated carbocycles. The number of nitrogens with zero attached hydrogens (tertiary/aromatic N) is 5. The molecule has 1 fully saturated rings. The third-order valence-electron chi connectivity index (χ3n) is 5.24. The van der Waals surface area contributed by atoms with Crippen LogP contribution < -0.4 is 4.90 Å². The van der Waals surface area contributed by atoms with Crippen LogP contribution in [-0.2, 0) is 0 Å². The predicted octanol–water partition coefficient (Wildman–Crippen LogP) is 3.81. The van der Waals surface area contributed by atoms with E-state index in [0.29, 0.717) is 0 Å². The zero-order valence-corrected chi connectivity index (χ0v) is 17.2. The van der Waals surface area contributed by atoms with Gasteiger partial charge >= 0.3 is 0 Å². The van der Waals surface area contributed by atoms with Crippen molar-refractivity contribution in [1.82, 2.24) is 25.1 Å². The zero-order valence-electron chi connectivity index (χ0n) is 15.6. The van der Waals surface area contributed by atoms with E-state index in [1.807, 2.05) is 30.3 Å². The minimum absolute atomic E-state index is 0.220. The Morgan fingerprint density at radius 3 is 2.76 bits per heavy atom. The quantitative estimate of drug-likeness (QED) is 0.493. The minimum Gasteiger partial charge on any atom is -0.393 e.